The molecule has 2 atom stereocenters. The van der Waals surface area contributed by atoms with Gasteiger partial charge in [0.15, 0.2) is 6.10 Å². The standard InChI is InChI=1S/C21H24N2O7/c1-21(2,3)11-16(25)30-18(20(27)28)17-19(26)23(8-9-29-17)13-6-4-12-5-7-15(24)22-14(12)10-13/h4-7,10,17-18H,8-9,11H2,1-3H3,(H,22,24)(H,27,28)/t17-,18-/m1/s1. The lowest BCUT2D eigenvalue weighted by Gasteiger charge is -2.34. The molecule has 0 radical (unpaired) electrons. The number of amides is 1. The summed E-state index contributed by atoms with van der Waals surface area (Å²) in [7, 11) is 0. The fourth-order valence-electron chi connectivity index (χ4n) is 3.24. The van der Waals surface area contributed by atoms with Crippen molar-refractivity contribution < 1.29 is 29.0 Å². The van der Waals surface area contributed by atoms with E-state index in [-0.39, 0.29) is 25.1 Å². The number of benzene rings is 1. The second kappa shape index (κ2) is 8.27. The SMILES string of the molecule is CC(C)(C)CC(=O)O[C@@H](C(=O)O)[C@H]1OCCN(c2ccc3ccc(=O)[nH]c3c2)C1=O. The van der Waals surface area contributed by atoms with E-state index in [1.165, 1.54) is 11.0 Å². The van der Waals surface area contributed by atoms with Crippen molar-refractivity contribution in [2.45, 2.75) is 39.4 Å². The van der Waals surface area contributed by atoms with Crippen molar-refractivity contribution in [1.82, 2.24) is 4.98 Å². The first kappa shape index (κ1) is 21.5. The molecule has 0 saturated carbocycles. The number of carboxylic acids is 1. The van der Waals surface area contributed by atoms with E-state index >= 15 is 0 Å². The number of fused-ring (bicyclic) bond motifs is 1. The van der Waals surface area contributed by atoms with E-state index in [2.05, 4.69) is 4.98 Å². The zero-order valence-corrected chi connectivity index (χ0v) is 17.0. The minimum atomic E-state index is -1.75. The molecule has 0 spiro atoms. The molecule has 0 bridgehead atoms. The van der Waals surface area contributed by atoms with Crippen molar-refractivity contribution in [1.29, 1.82) is 0 Å². The molecule has 30 heavy (non-hydrogen) atoms. The van der Waals surface area contributed by atoms with Gasteiger partial charge in [-0.15, -0.1) is 0 Å². The maximum atomic E-state index is 13.0. The summed E-state index contributed by atoms with van der Waals surface area (Å²) >= 11 is 0. The number of aromatic nitrogens is 1. The number of H-pyrrole nitrogens is 1. The van der Waals surface area contributed by atoms with Crippen LogP contribution in [0.1, 0.15) is 27.2 Å². The number of aromatic amines is 1. The van der Waals surface area contributed by atoms with Crippen LogP contribution in [0.5, 0.6) is 0 Å². The van der Waals surface area contributed by atoms with Crippen molar-refractivity contribution in [2.24, 2.45) is 5.41 Å². The van der Waals surface area contributed by atoms with Gasteiger partial charge in [-0.25, -0.2) is 4.79 Å². The number of nitrogens with zero attached hydrogens (tertiary/aromatic N) is 1. The summed E-state index contributed by atoms with van der Waals surface area (Å²) in [5.41, 5.74) is 0.351. The molecule has 1 aliphatic heterocycles. The third kappa shape index (κ3) is 4.85. The molecule has 9 heteroatoms. The second-order valence-corrected chi connectivity index (χ2v) is 8.36. The number of nitrogens with one attached hydrogen (secondary N) is 1. The Morgan fingerprint density at radius 3 is 2.63 bits per heavy atom. The zero-order valence-electron chi connectivity index (χ0n) is 17.0. The molecule has 3 rings (SSSR count). The molecule has 2 aromatic rings. The maximum absolute atomic E-state index is 13.0. The number of esters is 1. The number of aliphatic carboxylic acids is 1. The number of morpholine rings is 1. The van der Waals surface area contributed by atoms with Crippen molar-refractivity contribution in [3.8, 4) is 0 Å². The lowest BCUT2D eigenvalue weighted by molar-refractivity contribution is -0.179. The van der Waals surface area contributed by atoms with Gasteiger partial charge in [-0.2, -0.15) is 0 Å². The number of carboxylic acid groups (broad SMARTS) is 1. The van der Waals surface area contributed by atoms with Gasteiger partial charge < -0.3 is 24.5 Å². The first-order valence-electron chi connectivity index (χ1n) is 9.53. The van der Waals surface area contributed by atoms with E-state index in [0.29, 0.717) is 11.2 Å². The van der Waals surface area contributed by atoms with Gasteiger partial charge in [0.2, 0.25) is 11.7 Å². The van der Waals surface area contributed by atoms with E-state index in [0.717, 1.165) is 5.39 Å². The van der Waals surface area contributed by atoms with Gasteiger partial charge in [0.05, 0.1) is 18.5 Å². The van der Waals surface area contributed by atoms with Crippen LogP contribution in [0, 0.1) is 5.41 Å². The van der Waals surface area contributed by atoms with Gasteiger partial charge in [0, 0.05) is 18.3 Å². The number of ether oxygens (including phenoxy) is 2. The highest BCUT2D eigenvalue weighted by Crippen LogP contribution is 2.25. The highest BCUT2D eigenvalue weighted by atomic mass is 16.6. The van der Waals surface area contributed by atoms with Crippen LogP contribution in [0.4, 0.5) is 5.69 Å². The lowest BCUT2D eigenvalue weighted by atomic mass is 9.92. The Kier molecular flexibility index (Phi) is 5.93. The average Bonchev–Trinajstić information content (AvgIpc) is 2.64. The Labute approximate surface area is 172 Å². The Morgan fingerprint density at radius 2 is 1.97 bits per heavy atom. The predicted octanol–water partition coefficient (Wildman–Crippen LogP) is 1.69. The molecular formula is C21H24N2O7. The molecule has 1 saturated heterocycles. The van der Waals surface area contributed by atoms with Crippen LogP contribution in [0.15, 0.2) is 35.1 Å². The predicted molar refractivity (Wildman–Crippen MR) is 108 cm³/mol. The number of hydrogen-bond donors (Lipinski definition) is 2. The van der Waals surface area contributed by atoms with E-state index < -0.39 is 35.5 Å². The molecule has 160 valence electrons. The molecule has 2 N–H and O–H groups in total. The Morgan fingerprint density at radius 1 is 1.27 bits per heavy atom. The molecule has 1 aromatic heterocycles. The summed E-state index contributed by atoms with van der Waals surface area (Å²) in [6.07, 6.45) is -3.22. The zero-order chi connectivity index (χ0) is 22.1. The molecule has 1 amide bonds. The highest BCUT2D eigenvalue weighted by molar-refractivity contribution is 6.01. The van der Waals surface area contributed by atoms with Crippen molar-refractivity contribution in [3.05, 3.63) is 40.7 Å². The largest absolute Gasteiger partial charge is 0.478 e. The van der Waals surface area contributed by atoms with Crippen LogP contribution in [0.25, 0.3) is 10.9 Å². The van der Waals surface area contributed by atoms with Gasteiger partial charge in [0.25, 0.3) is 5.91 Å². The smallest absolute Gasteiger partial charge is 0.348 e. The van der Waals surface area contributed by atoms with E-state index in [9.17, 15) is 24.3 Å². The topological polar surface area (TPSA) is 126 Å². The van der Waals surface area contributed by atoms with Crippen molar-refractivity contribution in [2.75, 3.05) is 18.1 Å². The maximum Gasteiger partial charge on any atom is 0.348 e. The lowest BCUT2D eigenvalue weighted by Crippen LogP contribution is -2.55. The second-order valence-electron chi connectivity index (χ2n) is 8.36. The summed E-state index contributed by atoms with van der Waals surface area (Å²) in [4.78, 5) is 52.5. The number of carbonyl (C=O) groups excluding carboxylic acids is 2. The van der Waals surface area contributed by atoms with Crippen LogP contribution in [0.3, 0.4) is 0 Å². The molecule has 0 aliphatic carbocycles. The minimum absolute atomic E-state index is 0.000553. The number of pyridine rings is 1. The third-order valence-corrected chi connectivity index (χ3v) is 4.59. The van der Waals surface area contributed by atoms with Crippen molar-refractivity contribution >= 4 is 34.4 Å². The Balaban J connectivity index is 1.85. The van der Waals surface area contributed by atoms with Crippen LogP contribution >= 0.6 is 0 Å². The normalized spacial score (nSPS) is 18.3. The van der Waals surface area contributed by atoms with Crippen LogP contribution < -0.4 is 10.5 Å². The Bertz CT molecular complexity index is 1040. The summed E-state index contributed by atoms with van der Waals surface area (Å²) < 4.78 is 10.5. The number of hydrogen-bond acceptors (Lipinski definition) is 6. The molecule has 1 aliphatic rings. The number of rotatable bonds is 5. The van der Waals surface area contributed by atoms with Crippen molar-refractivity contribution in [3.63, 3.8) is 0 Å². The van der Waals surface area contributed by atoms with E-state index in [4.69, 9.17) is 9.47 Å². The molecule has 2 heterocycles. The third-order valence-electron chi connectivity index (χ3n) is 4.59. The highest BCUT2D eigenvalue weighted by Gasteiger charge is 2.43. The van der Waals surface area contributed by atoms with Gasteiger partial charge in [-0.3, -0.25) is 14.4 Å². The van der Waals surface area contributed by atoms with E-state index in [1.54, 1.807) is 24.3 Å². The minimum Gasteiger partial charge on any atom is -0.478 e. The molecular weight excluding hydrogens is 392 g/mol. The van der Waals surface area contributed by atoms with Gasteiger partial charge in [-0.1, -0.05) is 26.8 Å². The Hall–Kier alpha value is -3.20. The van der Waals surface area contributed by atoms with E-state index in [1.807, 2.05) is 20.8 Å². The molecule has 0 unspecified atom stereocenters. The van der Waals surface area contributed by atoms with Gasteiger partial charge >= 0.3 is 11.9 Å². The molecule has 9 nitrogen and oxygen atoms in total. The fourth-order valence-corrected chi connectivity index (χ4v) is 3.24. The summed E-state index contributed by atoms with van der Waals surface area (Å²) in [6, 6.07) is 8.15. The molecule has 1 aromatic carbocycles. The van der Waals surface area contributed by atoms with Gasteiger partial charge in [0.1, 0.15) is 0 Å². The van der Waals surface area contributed by atoms with Crippen LogP contribution in [-0.2, 0) is 23.9 Å². The molecule has 1 fully saturated rings. The fraction of sp³-hybridized carbons (Fsp3) is 0.429. The summed E-state index contributed by atoms with van der Waals surface area (Å²) in [5, 5.41) is 10.3. The number of carbonyl (C=O) groups is 3. The van der Waals surface area contributed by atoms with Crippen LogP contribution in [0.2, 0.25) is 0 Å². The monoisotopic (exact) mass is 416 g/mol. The first-order valence-corrected chi connectivity index (χ1v) is 9.53. The first-order chi connectivity index (χ1) is 14.0. The summed E-state index contributed by atoms with van der Waals surface area (Å²) in [5.74, 6) is -2.80. The van der Waals surface area contributed by atoms with Crippen LogP contribution in [-0.4, -0.2) is 53.3 Å². The summed E-state index contributed by atoms with van der Waals surface area (Å²) in [6.45, 7) is 5.72. The number of anilines is 1. The quantitative estimate of drug-likeness (QED) is 0.710. The average molecular weight is 416 g/mol. The van der Waals surface area contributed by atoms with Gasteiger partial charge in [-0.05, 0) is 29.0 Å².